The van der Waals surface area contributed by atoms with Crippen LogP contribution in [-0.2, 0) is 12.8 Å². The molecular formula is C18H20N2. The molecule has 1 aromatic carbocycles. The van der Waals surface area contributed by atoms with Crippen LogP contribution in [0.3, 0.4) is 0 Å². The maximum Gasteiger partial charge on any atom is 0.101 e. The van der Waals surface area contributed by atoms with Crippen LogP contribution in [0.15, 0.2) is 37.4 Å². The largest absolute Gasteiger partial charge is 0.192 e. The number of allylic oxidation sites excluding steroid dienone is 2. The van der Waals surface area contributed by atoms with E-state index in [0.29, 0.717) is 11.1 Å². The summed E-state index contributed by atoms with van der Waals surface area (Å²) in [6, 6.07) is 8.39. The monoisotopic (exact) mass is 264 g/mol. The summed E-state index contributed by atoms with van der Waals surface area (Å²) < 4.78 is 0. The van der Waals surface area contributed by atoms with Crippen LogP contribution in [-0.4, -0.2) is 0 Å². The van der Waals surface area contributed by atoms with Gasteiger partial charge in [0, 0.05) is 0 Å². The lowest BCUT2D eigenvalue weighted by Gasteiger charge is -2.09. The van der Waals surface area contributed by atoms with E-state index in [9.17, 15) is 10.5 Å². The van der Waals surface area contributed by atoms with Gasteiger partial charge in [0.05, 0.1) is 11.1 Å². The van der Waals surface area contributed by atoms with Gasteiger partial charge < -0.3 is 0 Å². The van der Waals surface area contributed by atoms with Gasteiger partial charge in [-0.25, -0.2) is 0 Å². The third-order valence-corrected chi connectivity index (χ3v) is 3.31. The van der Waals surface area contributed by atoms with Crippen LogP contribution in [0.25, 0.3) is 0 Å². The molecular weight excluding hydrogens is 244 g/mol. The van der Waals surface area contributed by atoms with E-state index in [4.69, 9.17) is 0 Å². The van der Waals surface area contributed by atoms with Crippen LogP contribution >= 0.6 is 0 Å². The van der Waals surface area contributed by atoms with Gasteiger partial charge in [-0.3, -0.25) is 0 Å². The highest BCUT2D eigenvalue weighted by Crippen LogP contribution is 2.21. The van der Waals surface area contributed by atoms with Crippen molar-refractivity contribution in [1.29, 1.82) is 10.5 Å². The number of rotatable bonds is 8. The molecule has 0 aliphatic heterocycles. The van der Waals surface area contributed by atoms with E-state index in [1.165, 1.54) is 0 Å². The Morgan fingerprint density at radius 3 is 1.55 bits per heavy atom. The summed E-state index contributed by atoms with van der Waals surface area (Å²) in [7, 11) is 0. The van der Waals surface area contributed by atoms with E-state index >= 15 is 0 Å². The summed E-state index contributed by atoms with van der Waals surface area (Å²) in [6.45, 7) is 7.40. The molecule has 0 heterocycles. The highest BCUT2D eigenvalue weighted by atomic mass is 14.3. The van der Waals surface area contributed by atoms with Gasteiger partial charge in [0.1, 0.15) is 12.1 Å². The van der Waals surface area contributed by atoms with Crippen molar-refractivity contribution in [3.63, 3.8) is 0 Å². The zero-order valence-corrected chi connectivity index (χ0v) is 11.9. The highest BCUT2D eigenvalue weighted by molar-refractivity contribution is 5.54. The van der Waals surface area contributed by atoms with E-state index in [1.807, 2.05) is 24.3 Å². The molecule has 102 valence electrons. The van der Waals surface area contributed by atoms with Gasteiger partial charge in [-0.2, -0.15) is 10.5 Å². The minimum Gasteiger partial charge on any atom is -0.192 e. The minimum atomic E-state index is 0.549. The standard InChI is InChI=1S/C18H20N2/c1-3-5-7-9-15-11-12-16(10-8-6-4-2)18(14-20)17(15)13-19/h3-4,11-12H,1-2,5-10H2. The average Bonchev–Trinajstić information content (AvgIpc) is 2.48. The van der Waals surface area contributed by atoms with E-state index in [1.54, 1.807) is 0 Å². The number of benzene rings is 1. The van der Waals surface area contributed by atoms with Crippen molar-refractivity contribution in [2.45, 2.75) is 38.5 Å². The SMILES string of the molecule is C=CCCCc1ccc(CCCC=C)c(C#N)c1C#N. The van der Waals surface area contributed by atoms with E-state index in [0.717, 1.165) is 49.7 Å². The molecule has 0 fully saturated rings. The lowest BCUT2D eigenvalue weighted by Crippen LogP contribution is -2.00. The Morgan fingerprint density at radius 2 is 1.25 bits per heavy atom. The molecule has 1 aromatic rings. The fraction of sp³-hybridized carbons (Fsp3) is 0.333. The third kappa shape index (κ3) is 4.11. The molecule has 0 unspecified atom stereocenters. The number of hydrogen-bond donors (Lipinski definition) is 0. The number of hydrogen-bond acceptors (Lipinski definition) is 2. The normalized spacial score (nSPS) is 9.50. The van der Waals surface area contributed by atoms with Crippen molar-refractivity contribution in [2.24, 2.45) is 0 Å². The maximum absolute atomic E-state index is 9.35. The number of aryl methyl sites for hydroxylation is 2. The van der Waals surface area contributed by atoms with Gasteiger partial charge >= 0.3 is 0 Å². The van der Waals surface area contributed by atoms with E-state index in [2.05, 4.69) is 25.3 Å². The Kier molecular flexibility index (Phi) is 6.87. The highest BCUT2D eigenvalue weighted by Gasteiger charge is 2.12. The van der Waals surface area contributed by atoms with Crippen molar-refractivity contribution in [2.75, 3.05) is 0 Å². The molecule has 0 amide bonds. The van der Waals surface area contributed by atoms with Crippen LogP contribution < -0.4 is 0 Å². The van der Waals surface area contributed by atoms with Gasteiger partial charge in [0.15, 0.2) is 0 Å². The smallest absolute Gasteiger partial charge is 0.101 e. The van der Waals surface area contributed by atoms with Crippen molar-refractivity contribution in [1.82, 2.24) is 0 Å². The summed E-state index contributed by atoms with van der Waals surface area (Å²) in [5.74, 6) is 0. The molecule has 0 N–H and O–H groups in total. The summed E-state index contributed by atoms with van der Waals surface area (Å²) in [4.78, 5) is 0. The third-order valence-electron chi connectivity index (χ3n) is 3.31. The zero-order valence-electron chi connectivity index (χ0n) is 11.9. The molecule has 0 radical (unpaired) electrons. The summed E-state index contributed by atoms with van der Waals surface area (Å²) in [5, 5.41) is 18.7. The number of nitriles is 2. The van der Waals surface area contributed by atoms with E-state index in [-0.39, 0.29) is 0 Å². The lowest BCUT2D eigenvalue weighted by molar-refractivity contribution is 0.827. The first-order chi connectivity index (χ1) is 9.78. The minimum absolute atomic E-state index is 0.549. The molecule has 2 nitrogen and oxygen atoms in total. The summed E-state index contributed by atoms with van der Waals surface area (Å²) >= 11 is 0. The fourth-order valence-electron chi connectivity index (χ4n) is 2.23. The van der Waals surface area contributed by atoms with Crippen LogP contribution in [0.2, 0.25) is 0 Å². The molecule has 0 aromatic heterocycles. The topological polar surface area (TPSA) is 47.6 Å². The molecule has 0 saturated carbocycles. The van der Waals surface area contributed by atoms with Crippen molar-refractivity contribution >= 4 is 0 Å². The zero-order chi connectivity index (χ0) is 14.8. The van der Waals surface area contributed by atoms with Gasteiger partial charge in [-0.05, 0) is 49.7 Å². The lowest BCUT2D eigenvalue weighted by atomic mass is 9.92. The molecule has 0 atom stereocenters. The molecule has 0 aliphatic rings. The Balaban J connectivity index is 3.01. The average molecular weight is 264 g/mol. The summed E-state index contributed by atoms with van der Waals surface area (Å²) in [6.07, 6.45) is 9.15. The van der Waals surface area contributed by atoms with Crippen LogP contribution in [0.4, 0.5) is 0 Å². The molecule has 0 spiro atoms. The Morgan fingerprint density at radius 1 is 0.850 bits per heavy atom. The predicted molar refractivity (Wildman–Crippen MR) is 82.1 cm³/mol. The first-order valence-corrected chi connectivity index (χ1v) is 6.95. The molecule has 0 aliphatic carbocycles. The quantitative estimate of drug-likeness (QED) is 0.514. The number of unbranched alkanes of at least 4 members (excludes halogenated alkanes) is 2. The Hall–Kier alpha value is -2.32. The van der Waals surface area contributed by atoms with Crippen LogP contribution in [0.5, 0.6) is 0 Å². The Labute approximate surface area is 121 Å². The molecule has 20 heavy (non-hydrogen) atoms. The molecule has 0 bridgehead atoms. The summed E-state index contributed by atoms with van der Waals surface area (Å²) in [5.41, 5.74) is 3.04. The second-order valence-corrected chi connectivity index (χ2v) is 4.72. The van der Waals surface area contributed by atoms with Gasteiger partial charge in [-0.1, -0.05) is 24.3 Å². The molecule has 2 heteroatoms. The first kappa shape index (κ1) is 15.7. The van der Waals surface area contributed by atoms with Crippen molar-refractivity contribution < 1.29 is 0 Å². The van der Waals surface area contributed by atoms with Gasteiger partial charge in [-0.15, -0.1) is 13.2 Å². The number of nitrogens with zero attached hydrogens (tertiary/aromatic N) is 2. The van der Waals surface area contributed by atoms with Crippen LogP contribution in [0.1, 0.15) is 47.9 Å². The second-order valence-electron chi connectivity index (χ2n) is 4.72. The van der Waals surface area contributed by atoms with Crippen molar-refractivity contribution in [3.8, 4) is 12.1 Å². The first-order valence-electron chi connectivity index (χ1n) is 6.95. The molecule has 1 rings (SSSR count). The van der Waals surface area contributed by atoms with Crippen LogP contribution in [0, 0.1) is 22.7 Å². The molecule has 0 saturated heterocycles. The van der Waals surface area contributed by atoms with E-state index < -0.39 is 0 Å². The Bertz CT molecular complexity index is 505. The fourth-order valence-corrected chi connectivity index (χ4v) is 2.23. The predicted octanol–water partition coefficient (Wildman–Crippen LogP) is 4.45. The van der Waals surface area contributed by atoms with Crippen molar-refractivity contribution in [3.05, 3.63) is 59.7 Å². The van der Waals surface area contributed by atoms with Gasteiger partial charge in [0.2, 0.25) is 0 Å². The maximum atomic E-state index is 9.35. The van der Waals surface area contributed by atoms with Gasteiger partial charge in [0.25, 0.3) is 0 Å². The second kappa shape index (κ2) is 8.73.